The van der Waals surface area contributed by atoms with Crippen molar-refractivity contribution < 1.29 is 10.0 Å². The van der Waals surface area contributed by atoms with Crippen molar-refractivity contribution in [3.8, 4) is 0 Å². The van der Waals surface area contributed by atoms with Crippen LogP contribution in [0.15, 0.2) is 4.99 Å². The zero-order valence-electron chi connectivity index (χ0n) is 10.6. The quantitative estimate of drug-likeness (QED) is 0.746. The van der Waals surface area contributed by atoms with Crippen LogP contribution in [0.2, 0.25) is 0 Å². The van der Waals surface area contributed by atoms with Gasteiger partial charge in [-0.15, -0.1) is 0 Å². The van der Waals surface area contributed by atoms with Crippen LogP contribution < -0.4 is 0 Å². The average Bonchev–Trinajstić information content (AvgIpc) is 2.23. The Bertz CT molecular complexity index is 276. The van der Waals surface area contributed by atoms with Crippen LogP contribution >= 0.6 is 0 Å². The Kier molecular flexibility index (Phi) is 4.47. The number of hydroxylamine groups is 2. The molecule has 0 saturated heterocycles. The molecule has 0 aromatic carbocycles. The summed E-state index contributed by atoms with van der Waals surface area (Å²) in [6.07, 6.45) is 3.33. The minimum Gasteiger partial charge on any atom is -0.285 e. The summed E-state index contributed by atoms with van der Waals surface area (Å²) >= 11 is 0. The predicted molar refractivity (Wildman–Crippen MR) is 63.6 cm³/mol. The van der Waals surface area contributed by atoms with E-state index in [2.05, 4.69) is 4.99 Å². The monoisotopic (exact) mass is 226 g/mol. The summed E-state index contributed by atoms with van der Waals surface area (Å²) in [7, 11) is 0. The van der Waals surface area contributed by atoms with E-state index >= 15 is 0 Å². The third-order valence-corrected chi connectivity index (χ3v) is 3.13. The molecule has 0 radical (unpaired) electrons. The maximum Gasteiger partial charge on any atom is 0.271 e. The number of carbonyl (C=O) groups excluding carboxylic acids is 1. The summed E-state index contributed by atoms with van der Waals surface area (Å²) in [6, 6.07) is -0.661. The van der Waals surface area contributed by atoms with Gasteiger partial charge in [0.25, 0.3) is 5.91 Å². The molecule has 0 aliphatic carbocycles. The van der Waals surface area contributed by atoms with Gasteiger partial charge in [-0.3, -0.25) is 15.0 Å². The fourth-order valence-corrected chi connectivity index (χ4v) is 1.86. The van der Waals surface area contributed by atoms with Crippen molar-refractivity contribution in [2.45, 2.75) is 52.6 Å². The summed E-state index contributed by atoms with van der Waals surface area (Å²) in [5.41, 5.74) is 0. The minimum atomic E-state index is -0.398. The first kappa shape index (κ1) is 13.2. The molecule has 1 amide bonds. The molecule has 1 rings (SSSR count). The Balaban J connectivity index is 2.75. The first-order valence-electron chi connectivity index (χ1n) is 6.02. The number of rotatable bonds is 4. The summed E-state index contributed by atoms with van der Waals surface area (Å²) < 4.78 is 0. The van der Waals surface area contributed by atoms with Crippen molar-refractivity contribution in [2.75, 3.05) is 0 Å². The van der Waals surface area contributed by atoms with Gasteiger partial charge in [0.05, 0.1) is 6.04 Å². The van der Waals surface area contributed by atoms with Gasteiger partial charge in [0.1, 0.15) is 6.04 Å². The molecule has 3 atom stereocenters. The lowest BCUT2D eigenvalue weighted by molar-refractivity contribution is -0.176. The van der Waals surface area contributed by atoms with Crippen molar-refractivity contribution in [3.63, 3.8) is 0 Å². The van der Waals surface area contributed by atoms with Crippen LogP contribution in [0.3, 0.4) is 0 Å². The van der Waals surface area contributed by atoms with Gasteiger partial charge in [-0.25, -0.2) is 5.06 Å². The van der Waals surface area contributed by atoms with Gasteiger partial charge in [-0.2, -0.15) is 0 Å². The molecule has 1 heterocycles. The van der Waals surface area contributed by atoms with Crippen LogP contribution in [0.4, 0.5) is 0 Å². The Morgan fingerprint density at radius 1 is 1.50 bits per heavy atom. The summed E-state index contributed by atoms with van der Waals surface area (Å²) in [5, 5.41) is 10.7. The van der Waals surface area contributed by atoms with E-state index in [9.17, 15) is 10.0 Å². The summed E-state index contributed by atoms with van der Waals surface area (Å²) in [4.78, 5) is 16.1. The fraction of sp³-hybridized carbons (Fsp3) is 0.833. The van der Waals surface area contributed by atoms with E-state index in [0.717, 1.165) is 11.5 Å². The van der Waals surface area contributed by atoms with Crippen molar-refractivity contribution in [3.05, 3.63) is 0 Å². The predicted octanol–water partition coefficient (Wildman–Crippen LogP) is 2.12. The molecule has 3 unspecified atom stereocenters. The molecule has 16 heavy (non-hydrogen) atoms. The van der Waals surface area contributed by atoms with Gasteiger partial charge in [-0.05, 0) is 18.3 Å². The normalized spacial score (nSPS) is 27.6. The highest BCUT2D eigenvalue weighted by atomic mass is 16.5. The first-order valence-corrected chi connectivity index (χ1v) is 6.02. The molecule has 0 aromatic rings. The van der Waals surface area contributed by atoms with Crippen molar-refractivity contribution in [2.24, 2.45) is 16.8 Å². The maximum atomic E-state index is 11.9. The summed E-state index contributed by atoms with van der Waals surface area (Å²) in [5.74, 6) is 0.374. The smallest absolute Gasteiger partial charge is 0.271 e. The van der Waals surface area contributed by atoms with E-state index in [-0.39, 0.29) is 17.9 Å². The number of carbonyl (C=O) groups is 1. The second-order valence-electron chi connectivity index (χ2n) is 5.00. The number of hydrogen-bond acceptors (Lipinski definition) is 3. The molecular formula is C12H22N2O2. The van der Waals surface area contributed by atoms with Crippen molar-refractivity contribution in [1.29, 1.82) is 0 Å². The third kappa shape index (κ3) is 2.82. The highest BCUT2D eigenvalue weighted by molar-refractivity contribution is 5.88. The molecule has 0 bridgehead atoms. The first-order chi connectivity index (χ1) is 7.47. The molecule has 1 aliphatic heterocycles. The molecule has 0 fully saturated rings. The Labute approximate surface area is 97.3 Å². The molecule has 4 nitrogen and oxygen atoms in total. The van der Waals surface area contributed by atoms with Crippen LogP contribution in [-0.4, -0.2) is 34.5 Å². The van der Waals surface area contributed by atoms with Crippen molar-refractivity contribution >= 4 is 12.1 Å². The average molecular weight is 226 g/mol. The van der Waals surface area contributed by atoms with Crippen LogP contribution in [-0.2, 0) is 4.79 Å². The highest BCUT2D eigenvalue weighted by Gasteiger charge is 2.34. The lowest BCUT2D eigenvalue weighted by atomic mass is 9.96. The fourth-order valence-electron chi connectivity index (χ4n) is 1.86. The minimum absolute atomic E-state index is 0.234. The van der Waals surface area contributed by atoms with Gasteiger partial charge < -0.3 is 0 Å². The lowest BCUT2D eigenvalue weighted by Gasteiger charge is -2.33. The van der Waals surface area contributed by atoms with E-state index in [0.29, 0.717) is 12.3 Å². The molecule has 92 valence electrons. The SMILES string of the molecule is CCC(C)C1C=NC(CC(C)C)C(=O)N1O. The van der Waals surface area contributed by atoms with Crippen LogP contribution in [0, 0.1) is 11.8 Å². The zero-order chi connectivity index (χ0) is 12.3. The molecule has 0 aromatic heterocycles. The van der Waals surface area contributed by atoms with Crippen molar-refractivity contribution in [1.82, 2.24) is 5.06 Å². The largest absolute Gasteiger partial charge is 0.285 e. The van der Waals surface area contributed by atoms with Crippen LogP contribution in [0.1, 0.15) is 40.5 Å². The molecular weight excluding hydrogens is 204 g/mol. The summed E-state index contributed by atoms with van der Waals surface area (Å²) in [6.45, 7) is 8.14. The van der Waals surface area contributed by atoms with E-state index in [1.165, 1.54) is 0 Å². The number of aliphatic imine (C=N–C) groups is 1. The third-order valence-electron chi connectivity index (χ3n) is 3.13. The van der Waals surface area contributed by atoms with E-state index < -0.39 is 6.04 Å². The topological polar surface area (TPSA) is 52.9 Å². The van der Waals surface area contributed by atoms with E-state index in [4.69, 9.17) is 0 Å². The number of nitrogens with zero attached hydrogens (tertiary/aromatic N) is 2. The van der Waals surface area contributed by atoms with Gasteiger partial charge in [0, 0.05) is 6.21 Å². The van der Waals surface area contributed by atoms with E-state index in [1.54, 1.807) is 6.21 Å². The standard InChI is InChI=1S/C12H22N2O2/c1-5-9(4)11-7-13-10(6-8(2)3)12(15)14(11)16/h7-11,16H,5-6H2,1-4H3. The second kappa shape index (κ2) is 5.43. The molecule has 1 N–H and O–H groups in total. The molecule has 4 heteroatoms. The van der Waals surface area contributed by atoms with Gasteiger partial charge in [0.2, 0.25) is 0 Å². The Hall–Kier alpha value is -0.900. The number of amides is 1. The molecule has 0 spiro atoms. The van der Waals surface area contributed by atoms with Gasteiger partial charge in [0.15, 0.2) is 0 Å². The van der Waals surface area contributed by atoms with Crippen LogP contribution in [0.5, 0.6) is 0 Å². The van der Waals surface area contributed by atoms with Gasteiger partial charge in [-0.1, -0.05) is 34.1 Å². The zero-order valence-corrected chi connectivity index (χ0v) is 10.6. The maximum absolute atomic E-state index is 11.9. The highest BCUT2D eigenvalue weighted by Crippen LogP contribution is 2.20. The number of hydrogen-bond donors (Lipinski definition) is 1. The lowest BCUT2D eigenvalue weighted by Crippen LogP contribution is -2.50. The van der Waals surface area contributed by atoms with E-state index in [1.807, 2.05) is 27.7 Å². The Morgan fingerprint density at radius 3 is 2.62 bits per heavy atom. The Morgan fingerprint density at radius 2 is 2.12 bits per heavy atom. The van der Waals surface area contributed by atoms with Crippen LogP contribution in [0.25, 0.3) is 0 Å². The van der Waals surface area contributed by atoms with Gasteiger partial charge >= 0.3 is 0 Å². The second-order valence-corrected chi connectivity index (χ2v) is 5.00. The molecule has 0 saturated carbocycles. The molecule has 1 aliphatic rings.